The van der Waals surface area contributed by atoms with Crippen LogP contribution in [0.25, 0.3) is 0 Å². The maximum absolute atomic E-state index is 14.0. The zero-order valence-electron chi connectivity index (χ0n) is 12.7. The highest BCUT2D eigenvalue weighted by Crippen LogP contribution is 2.30. The van der Waals surface area contributed by atoms with E-state index in [4.69, 9.17) is 16.3 Å². The van der Waals surface area contributed by atoms with Gasteiger partial charge in [0.25, 0.3) is 10.0 Å². The van der Waals surface area contributed by atoms with Crippen molar-refractivity contribution in [2.24, 2.45) is 0 Å². The summed E-state index contributed by atoms with van der Waals surface area (Å²) in [5.41, 5.74) is -0.0646. The van der Waals surface area contributed by atoms with E-state index in [1.54, 1.807) is 0 Å². The quantitative estimate of drug-likeness (QED) is 0.814. The molecule has 24 heavy (non-hydrogen) atoms. The van der Waals surface area contributed by atoms with E-state index in [9.17, 15) is 17.6 Å². The molecule has 1 N–H and O–H groups in total. The molecular formula is C15H13ClFNO5S. The number of anilines is 1. The van der Waals surface area contributed by atoms with E-state index in [2.05, 4.69) is 9.46 Å². The number of nitrogens with one attached hydrogen (secondary N) is 1. The Morgan fingerprint density at radius 3 is 2.50 bits per heavy atom. The maximum Gasteiger partial charge on any atom is 0.337 e. The van der Waals surface area contributed by atoms with Crippen molar-refractivity contribution < 1.29 is 27.1 Å². The van der Waals surface area contributed by atoms with Crippen LogP contribution in [0.3, 0.4) is 0 Å². The van der Waals surface area contributed by atoms with Crippen molar-refractivity contribution in [1.29, 1.82) is 0 Å². The van der Waals surface area contributed by atoms with E-state index < -0.39 is 26.7 Å². The third-order valence-corrected chi connectivity index (χ3v) is 4.66. The van der Waals surface area contributed by atoms with E-state index in [0.29, 0.717) is 0 Å². The fourth-order valence-electron chi connectivity index (χ4n) is 1.91. The number of carbonyl (C=O) groups is 1. The summed E-state index contributed by atoms with van der Waals surface area (Å²) in [6, 6.07) is 7.18. The van der Waals surface area contributed by atoms with Crippen LogP contribution < -0.4 is 9.46 Å². The lowest BCUT2D eigenvalue weighted by Crippen LogP contribution is -2.16. The predicted octanol–water partition coefficient (Wildman–Crippen LogP) is 3.08. The zero-order valence-corrected chi connectivity index (χ0v) is 14.2. The fraction of sp³-hybridized carbons (Fsp3) is 0.133. The molecule has 0 heterocycles. The second-order valence-electron chi connectivity index (χ2n) is 4.59. The molecule has 0 fully saturated rings. The van der Waals surface area contributed by atoms with Crippen molar-refractivity contribution in [3.8, 4) is 5.75 Å². The number of hydrogen-bond donors (Lipinski definition) is 1. The van der Waals surface area contributed by atoms with E-state index in [1.807, 2.05) is 0 Å². The average Bonchev–Trinajstić information content (AvgIpc) is 2.54. The van der Waals surface area contributed by atoms with Crippen LogP contribution in [0.5, 0.6) is 5.75 Å². The molecule has 9 heteroatoms. The second kappa shape index (κ2) is 7.06. The smallest absolute Gasteiger partial charge is 0.337 e. The molecule has 6 nitrogen and oxygen atoms in total. The number of sulfonamides is 1. The van der Waals surface area contributed by atoms with Crippen molar-refractivity contribution in [1.82, 2.24) is 0 Å². The molecule has 128 valence electrons. The summed E-state index contributed by atoms with van der Waals surface area (Å²) in [6.45, 7) is 0. The van der Waals surface area contributed by atoms with Crippen molar-refractivity contribution in [3.63, 3.8) is 0 Å². The highest BCUT2D eigenvalue weighted by Gasteiger charge is 2.23. The van der Waals surface area contributed by atoms with Crippen LogP contribution in [0.4, 0.5) is 10.1 Å². The molecule has 2 aromatic rings. The van der Waals surface area contributed by atoms with Crippen molar-refractivity contribution in [2.75, 3.05) is 18.9 Å². The van der Waals surface area contributed by atoms with Gasteiger partial charge in [-0.2, -0.15) is 0 Å². The molecule has 0 amide bonds. The first-order chi connectivity index (χ1) is 11.3. The van der Waals surface area contributed by atoms with Crippen LogP contribution in [0.2, 0.25) is 5.02 Å². The van der Waals surface area contributed by atoms with Crippen LogP contribution in [0.1, 0.15) is 10.4 Å². The Balaban J connectivity index is 2.48. The van der Waals surface area contributed by atoms with Crippen molar-refractivity contribution >= 4 is 33.3 Å². The van der Waals surface area contributed by atoms with Crippen LogP contribution in [0.15, 0.2) is 41.3 Å². The molecule has 0 bridgehead atoms. The van der Waals surface area contributed by atoms with Gasteiger partial charge < -0.3 is 9.47 Å². The highest BCUT2D eigenvalue weighted by molar-refractivity contribution is 7.92. The standard InChI is InChI=1S/C15H13ClFNO5S/c1-22-13-6-4-10(16)8-12(13)18-24(20,21)14-7-9(15(19)23-2)3-5-11(14)17/h3-8,18H,1-2H3. The first kappa shape index (κ1) is 18.0. The van der Waals surface area contributed by atoms with Gasteiger partial charge in [0.1, 0.15) is 16.5 Å². The van der Waals surface area contributed by atoms with Crippen molar-refractivity contribution in [3.05, 3.63) is 52.8 Å². The Labute approximate surface area is 143 Å². The number of rotatable bonds is 5. The van der Waals surface area contributed by atoms with Gasteiger partial charge in [-0.15, -0.1) is 0 Å². The molecule has 0 radical (unpaired) electrons. The van der Waals surface area contributed by atoms with E-state index in [0.717, 1.165) is 25.3 Å². The molecule has 0 saturated heterocycles. The lowest BCUT2D eigenvalue weighted by molar-refractivity contribution is 0.0600. The van der Waals surface area contributed by atoms with E-state index in [-0.39, 0.29) is 22.0 Å². The maximum atomic E-state index is 14.0. The van der Waals surface area contributed by atoms with Gasteiger partial charge in [-0.05, 0) is 36.4 Å². The number of methoxy groups -OCH3 is 2. The fourth-order valence-corrected chi connectivity index (χ4v) is 3.25. The lowest BCUT2D eigenvalue weighted by atomic mass is 10.2. The number of carbonyl (C=O) groups excluding carboxylic acids is 1. The van der Waals surface area contributed by atoms with Crippen LogP contribution in [0, 0.1) is 5.82 Å². The molecule has 0 spiro atoms. The third kappa shape index (κ3) is 3.77. The molecule has 0 aromatic heterocycles. The average molecular weight is 374 g/mol. The minimum atomic E-state index is -4.33. The number of ether oxygens (including phenoxy) is 2. The second-order valence-corrected chi connectivity index (χ2v) is 6.67. The van der Waals surface area contributed by atoms with E-state index >= 15 is 0 Å². The summed E-state index contributed by atoms with van der Waals surface area (Å²) >= 11 is 5.84. The predicted molar refractivity (Wildman–Crippen MR) is 86.6 cm³/mol. The summed E-state index contributed by atoms with van der Waals surface area (Å²) in [5, 5.41) is 0.261. The van der Waals surface area contributed by atoms with Crippen LogP contribution in [-0.2, 0) is 14.8 Å². The molecular weight excluding hydrogens is 361 g/mol. The summed E-state index contributed by atoms with van der Waals surface area (Å²) in [4.78, 5) is 10.8. The van der Waals surface area contributed by atoms with Gasteiger partial charge in [-0.1, -0.05) is 11.6 Å². The zero-order chi connectivity index (χ0) is 17.9. The van der Waals surface area contributed by atoms with Gasteiger partial charge in [0.15, 0.2) is 0 Å². The Hall–Kier alpha value is -2.32. The Kier molecular flexibility index (Phi) is 5.30. The van der Waals surface area contributed by atoms with Gasteiger partial charge in [0, 0.05) is 5.02 Å². The molecule has 0 saturated carbocycles. The minimum absolute atomic E-state index is 0.0351. The molecule has 2 aromatic carbocycles. The minimum Gasteiger partial charge on any atom is -0.495 e. The number of benzene rings is 2. The van der Waals surface area contributed by atoms with E-state index in [1.165, 1.54) is 25.3 Å². The van der Waals surface area contributed by atoms with Gasteiger partial charge in [0.05, 0.1) is 25.5 Å². The summed E-state index contributed by atoms with van der Waals surface area (Å²) in [5.74, 6) is -1.60. The van der Waals surface area contributed by atoms with Gasteiger partial charge >= 0.3 is 5.97 Å². The highest BCUT2D eigenvalue weighted by atomic mass is 35.5. The summed E-state index contributed by atoms with van der Waals surface area (Å²) < 4.78 is 50.6. The monoisotopic (exact) mass is 373 g/mol. The topological polar surface area (TPSA) is 81.7 Å². The summed E-state index contributed by atoms with van der Waals surface area (Å²) in [7, 11) is -1.85. The largest absolute Gasteiger partial charge is 0.495 e. The Morgan fingerprint density at radius 1 is 1.17 bits per heavy atom. The third-order valence-electron chi connectivity index (χ3n) is 3.05. The summed E-state index contributed by atoms with van der Waals surface area (Å²) in [6.07, 6.45) is 0. The molecule has 0 atom stereocenters. The normalized spacial score (nSPS) is 11.0. The molecule has 0 aliphatic heterocycles. The first-order valence-corrected chi connectivity index (χ1v) is 8.39. The molecule has 0 unspecified atom stereocenters. The van der Waals surface area contributed by atoms with Crippen LogP contribution in [-0.4, -0.2) is 28.6 Å². The lowest BCUT2D eigenvalue weighted by Gasteiger charge is -2.13. The molecule has 0 aliphatic rings. The van der Waals surface area contributed by atoms with Crippen LogP contribution >= 0.6 is 11.6 Å². The number of halogens is 2. The number of hydrogen-bond acceptors (Lipinski definition) is 5. The van der Waals surface area contributed by atoms with Gasteiger partial charge in [0.2, 0.25) is 0 Å². The molecule has 0 aliphatic carbocycles. The van der Waals surface area contributed by atoms with Gasteiger partial charge in [-0.3, -0.25) is 4.72 Å². The number of esters is 1. The van der Waals surface area contributed by atoms with Crippen molar-refractivity contribution in [2.45, 2.75) is 4.90 Å². The Bertz CT molecular complexity index is 885. The van der Waals surface area contributed by atoms with Gasteiger partial charge in [-0.25, -0.2) is 17.6 Å². The molecule has 2 rings (SSSR count). The SMILES string of the molecule is COC(=O)c1ccc(F)c(S(=O)(=O)Nc2cc(Cl)ccc2OC)c1. The first-order valence-electron chi connectivity index (χ1n) is 6.52. The Morgan fingerprint density at radius 2 is 1.88 bits per heavy atom.